The molecule has 0 spiro atoms. The van der Waals surface area contributed by atoms with Gasteiger partial charge in [0.25, 0.3) is 5.56 Å². The third-order valence-corrected chi connectivity index (χ3v) is 11.5. The number of fused-ring (bicyclic) bond motifs is 1. The van der Waals surface area contributed by atoms with E-state index in [0.29, 0.717) is 16.9 Å². The zero-order valence-corrected chi connectivity index (χ0v) is 37.0. The van der Waals surface area contributed by atoms with Crippen molar-refractivity contribution in [2.75, 3.05) is 24.9 Å². The largest absolute Gasteiger partial charge is 0.508 e. The molecule has 3 heterocycles. The number of nitrogens with one attached hydrogen (secondary N) is 7. The number of aliphatic hydroxyl groups excluding tert-OH is 1. The number of phenolic OH excluding ortho intramolecular Hbond substituents is 1. The molecule has 0 saturated carbocycles. The van der Waals surface area contributed by atoms with Gasteiger partial charge < -0.3 is 56.5 Å². The van der Waals surface area contributed by atoms with Crippen LogP contribution in [0, 0.1) is 0 Å². The zero-order valence-electron chi connectivity index (χ0n) is 35.4. The molecule has 0 radical (unpaired) electrons. The summed E-state index contributed by atoms with van der Waals surface area (Å²) in [6.07, 6.45) is 2.72. The molecular weight excluding hydrogens is 890 g/mol. The van der Waals surface area contributed by atoms with Gasteiger partial charge >= 0.3 is 17.7 Å². The monoisotopic (exact) mass is 939 g/mol. The molecule has 65 heavy (non-hydrogen) atoms. The third-order valence-electron chi connectivity index (χ3n) is 10.6. The molecule has 5 rings (SSSR count). The molecule has 0 bridgehead atoms. The fraction of sp³-hybridized carbons (Fsp3) is 0.381. The molecule has 0 aliphatic carbocycles. The summed E-state index contributed by atoms with van der Waals surface area (Å²) in [5.74, 6) is -4.75. The van der Waals surface area contributed by atoms with Crippen molar-refractivity contribution in [2.45, 2.75) is 75.1 Å². The predicted octanol–water partition coefficient (Wildman–Crippen LogP) is 0.376. The smallest absolute Gasteiger partial charge is 0.331 e. The number of thioether (sulfide) groups is 1. The number of hydrogen-bond acceptors (Lipinski definition) is 12. The first-order chi connectivity index (χ1) is 31.0. The second-order valence-electron chi connectivity index (χ2n) is 15.1. The number of aromatic hydroxyl groups is 1. The maximum Gasteiger partial charge on any atom is 0.331 e. The molecule has 348 valence electrons. The van der Waals surface area contributed by atoms with E-state index in [1.165, 1.54) is 37.9 Å². The van der Waals surface area contributed by atoms with Gasteiger partial charge in [-0.1, -0.05) is 30.3 Å². The number of urea groups is 1. The Morgan fingerprint density at radius 3 is 2.42 bits per heavy atom. The van der Waals surface area contributed by atoms with Crippen molar-refractivity contribution in [3.63, 3.8) is 0 Å². The Hall–Kier alpha value is -6.78. The number of carbonyl (C=O) groups is 6. The van der Waals surface area contributed by atoms with Crippen LogP contribution in [0.3, 0.4) is 0 Å². The average molecular weight is 940 g/mol. The first-order valence-electron chi connectivity index (χ1n) is 20.2. The second kappa shape index (κ2) is 22.7. The lowest BCUT2D eigenvalue weighted by Gasteiger charge is -2.34. The number of nitrogens with zero attached hydrogens (tertiary/aromatic N) is 2. The number of carbonyl (C=O) groups excluding carboxylic acids is 5. The van der Waals surface area contributed by atoms with Gasteiger partial charge in [-0.3, -0.25) is 33.5 Å². The predicted molar refractivity (Wildman–Crippen MR) is 239 cm³/mol. The van der Waals surface area contributed by atoms with Crippen LogP contribution in [0.2, 0.25) is 0 Å². The number of para-hydroxylation sites is 1. The lowest BCUT2D eigenvalue weighted by atomic mass is 10.0. The number of phenols is 1. The first kappa shape index (κ1) is 49.2. The molecule has 1 fully saturated rings. The molecule has 5 unspecified atom stereocenters. The van der Waals surface area contributed by atoms with Gasteiger partial charge in [0.1, 0.15) is 47.7 Å². The summed E-state index contributed by atoms with van der Waals surface area (Å²) in [6, 6.07) is 6.51. The number of H-pyrrole nitrogens is 2. The Morgan fingerprint density at radius 2 is 1.72 bits per heavy atom. The molecule has 2 aromatic heterocycles. The summed E-state index contributed by atoms with van der Waals surface area (Å²) in [6.45, 7) is 1.44. The number of alkyl halides is 1. The van der Waals surface area contributed by atoms with Crippen molar-refractivity contribution in [1.82, 2.24) is 46.0 Å². The van der Waals surface area contributed by atoms with Crippen molar-refractivity contribution in [3.8, 4) is 5.75 Å². The van der Waals surface area contributed by atoms with E-state index in [4.69, 9.17) is 16.3 Å². The van der Waals surface area contributed by atoms with E-state index in [0.717, 1.165) is 38.8 Å². The van der Waals surface area contributed by atoms with Crippen molar-refractivity contribution >= 4 is 69.9 Å². The van der Waals surface area contributed by atoms with Crippen LogP contribution < -0.4 is 37.8 Å². The minimum atomic E-state index is -1.60. The highest BCUT2D eigenvalue weighted by molar-refractivity contribution is 7.98. The Morgan fingerprint density at radius 1 is 0.985 bits per heavy atom. The fourth-order valence-electron chi connectivity index (χ4n) is 7.06. The van der Waals surface area contributed by atoms with E-state index in [9.17, 15) is 53.7 Å². The number of aliphatic carboxylic acids is 1. The summed E-state index contributed by atoms with van der Waals surface area (Å²) in [5.41, 5.74) is 0.352. The van der Waals surface area contributed by atoms with Gasteiger partial charge in [-0.25, -0.2) is 14.4 Å². The van der Waals surface area contributed by atoms with Crippen molar-refractivity contribution < 1.29 is 48.8 Å². The van der Waals surface area contributed by atoms with Crippen molar-refractivity contribution in [2.24, 2.45) is 0 Å². The second-order valence-corrected chi connectivity index (χ2v) is 16.4. The number of carboxylic acid groups (broad SMARTS) is 1. The number of halogens is 1. The highest BCUT2D eigenvalue weighted by atomic mass is 35.5. The summed E-state index contributed by atoms with van der Waals surface area (Å²) in [5, 5.41) is 44.2. The van der Waals surface area contributed by atoms with Crippen molar-refractivity contribution in [1.29, 1.82) is 0 Å². The minimum absolute atomic E-state index is 0.00267. The number of amides is 6. The fourth-order valence-corrected chi connectivity index (χ4v) is 7.61. The number of aromatic nitrogens is 3. The number of likely N-dealkylation sites (N-methyl/N-ethyl adjacent to an activating group) is 1. The Kier molecular flexibility index (Phi) is 17.2. The molecule has 1 saturated heterocycles. The van der Waals surface area contributed by atoms with E-state index in [2.05, 4.69) is 36.6 Å². The highest BCUT2D eigenvalue weighted by Gasteiger charge is 2.38. The average Bonchev–Trinajstić information content (AvgIpc) is 3.86. The van der Waals surface area contributed by atoms with Gasteiger partial charge in [0.2, 0.25) is 29.9 Å². The van der Waals surface area contributed by atoms with Gasteiger partial charge in [0.15, 0.2) is 0 Å². The maximum absolute atomic E-state index is 14.2. The van der Waals surface area contributed by atoms with Crippen LogP contribution >= 0.6 is 23.4 Å². The van der Waals surface area contributed by atoms with Gasteiger partial charge in [0, 0.05) is 61.9 Å². The number of aromatic amines is 2. The third kappa shape index (κ3) is 13.1. The molecule has 6 amide bonds. The number of carboxylic acids is 1. The normalized spacial score (nSPS) is 17.5. The van der Waals surface area contributed by atoms with Crippen LogP contribution in [0.15, 0.2) is 88.5 Å². The molecule has 7 atom stereocenters. The molecule has 2 aromatic carbocycles. The Labute approximate surface area is 380 Å². The minimum Gasteiger partial charge on any atom is -0.508 e. The summed E-state index contributed by atoms with van der Waals surface area (Å²) in [7, 11) is 1.33. The number of benzene rings is 2. The van der Waals surface area contributed by atoms with Crippen LogP contribution in [0.4, 0.5) is 4.79 Å². The van der Waals surface area contributed by atoms with Crippen LogP contribution in [0.5, 0.6) is 5.75 Å². The summed E-state index contributed by atoms with van der Waals surface area (Å²) < 4.78 is 6.68. The standard InChI is InChI=1S/C42H50ClN9O12S/c1-22(51(2)38(59)30(46-34(56)19-43)16-23-7-6-8-25(53)15-23)35(37(58)45-21-26-18-32(54)39(64-26)52-13-11-33(55)49-42(52)63)50-36(57)29(12-14-65-3)47-41(62)48-31(40(60)61)17-24-20-44-28-10-5-4-9-27(24)28/h4-11,13,15,20-22,29-32,35,39,44,53-54H,12,14,16-19H2,1-3H3,(H,45,58)(H,46,56)(H,50,57)(H,60,61)(H2,47,48,62)(H,49,55,63)/b26-21+/t22?,29?,30?,31?,32-,35?,39-/m0/s1. The summed E-state index contributed by atoms with van der Waals surface area (Å²) >= 11 is 7.12. The van der Waals surface area contributed by atoms with E-state index in [1.807, 2.05) is 12.1 Å². The summed E-state index contributed by atoms with van der Waals surface area (Å²) in [4.78, 5) is 111. The number of aliphatic hydroxyl groups is 1. The van der Waals surface area contributed by atoms with Gasteiger partial charge in [-0.05, 0) is 54.7 Å². The molecule has 23 heteroatoms. The SMILES string of the molecule is CSCCC(NC(=O)NC(Cc1c[nH]c2ccccc12)C(=O)O)C(=O)NC(C(=O)N/C=C1\C[C@H](O)[C@@H](n2ccc(=O)[nH]c2=O)O1)C(C)N(C)C(=O)C(Cc1cccc(O)c1)NC(=O)CCl. The van der Waals surface area contributed by atoms with Crippen LogP contribution in [0.25, 0.3) is 10.9 Å². The van der Waals surface area contributed by atoms with E-state index >= 15 is 0 Å². The van der Waals surface area contributed by atoms with E-state index in [1.54, 1.807) is 36.7 Å². The lowest BCUT2D eigenvalue weighted by Crippen LogP contribution is -2.62. The quantitative estimate of drug-likeness (QED) is 0.0537. The topological polar surface area (TPSA) is 306 Å². The van der Waals surface area contributed by atoms with Gasteiger partial charge in [0.05, 0.1) is 6.04 Å². The Balaban J connectivity index is 1.39. The molecule has 1 aliphatic heterocycles. The first-order valence-corrected chi connectivity index (χ1v) is 22.1. The highest BCUT2D eigenvalue weighted by Crippen LogP contribution is 2.30. The molecule has 21 nitrogen and oxygen atoms in total. The lowest BCUT2D eigenvalue weighted by molar-refractivity contribution is -0.140. The number of hydrogen-bond donors (Lipinski definition) is 10. The van der Waals surface area contributed by atoms with Crippen molar-refractivity contribution in [3.05, 3.63) is 111 Å². The van der Waals surface area contributed by atoms with E-state index < -0.39 is 95.3 Å². The van der Waals surface area contributed by atoms with Gasteiger partial charge in [-0.15, -0.1) is 11.6 Å². The van der Waals surface area contributed by atoms with Crippen LogP contribution in [-0.2, 0) is 41.6 Å². The van der Waals surface area contributed by atoms with Crippen LogP contribution in [-0.4, -0.2) is 132 Å². The number of rotatable bonds is 20. The van der Waals surface area contributed by atoms with Crippen LogP contribution in [0.1, 0.15) is 37.1 Å². The zero-order chi connectivity index (χ0) is 47.4. The van der Waals surface area contributed by atoms with E-state index in [-0.39, 0.29) is 37.2 Å². The Bertz CT molecular complexity index is 2530. The molecular formula is C42H50ClN9O12S. The number of ether oxygens (including phenoxy) is 1. The molecule has 1 aliphatic rings. The maximum atomic E-state index is 14.2. The molecule has 4 aromatic rings. The molecule has 10 N–H and O–H groups in total. The van der Waals surface area contributed by atoms with Gasteiger partial charge in [-0.2, -0.15) is 11.8 Å².